The van der Waals surface area contributed by atoms with Crippen molar-refractivity contribution in [2.45, 2.75) is 18.6 Å². The fraction of sp³-hybridized carbons (Fsp3) is 0.300. The first-order valence-corrected chi connectivity index (χ1v) is 8.44. The van der Waals surface area contributed by atoms with E-state index in [9.17, 15) is 13.2 Å². The summed E-state index contributed by atoms with van der Waals surface area (Å²) in [4.78, 5) is 5.48. The van der Waals surface area contributed by atoms with Gasteiger partial charge in [0.25, 0.3) is 0 Å². The van der Waals surface area contributed by atoms with Crippen LogP contribution >= 0.6 is 0 Å². The lowest BCUT2D eigenvalue weighted by Gasteiger charge is -2.33. The van der Waals surface area contributed by atoms with Gasteiger partial charge in [-0.2, -0.15) is 13.2 Å². The van der Waals surface area contributed by atoms with Crippen molar-refractivity contribution < 1.29 is 17.9 Å². The van der Waals surface area contributed by atoms with Crippen molar-refractivity contribution >= 4 is 10.9 Å². The molecule has 3 aromatic rings. The Bertz CT molecular complexity index is 944. The maximum Gasteiger partial charge on any atom is 0.416 e. The Morgan fingerprint density at radius 2 is 1.85 bits per heavy atom. The van der Waals surface area contributed by atoms with Gasteiger partial charge in [0.2, 0.25) is 0 Å². The first kappa shape index (κ1) is 17.0. The average molecular weight is 360 g/mol. The number of hydrogen-bond acceptors (Lipinski definition) is 2. The molecule has 2 heterocycles. The Balaban J connectivity index is 1.84. The number of benzene rings is 2. The maximum atomic E-state index is 13.0. The minimum absolute atomic E-state index is 0.0219. The molecule has 1 unspecified atom stereocenters. The van der Waals surface area contributed by atoms with E-state index >= 15 is 0 Å². The molecule has 1 aliphatic rings. The van der Waals surface area contributed by atoms with Gasteiger partial charge in [0.1, 0.15) is 5.75 Å². The second-order valence-electron chi connectivity index (χ2n) is 6.68. The molecule has 1 aliphatic heterocycles. The zero-order chi connectivity index (χ0) is 18.5. The van der Waals surface area contributed by atoms with Crippen LogP contribution in [0.3, 0.4) is 0 Å². The topological polar surface area (TPSA) is 28.3 Å². The van der Waals surface area contributed by atoms with Gasteiger partial charge in [-0.15, -0.1) is 0 Å². The van der Waals surface area contributed by atoms with Crippen molar-refractivity contribution in [2.75, 3.05) is 20.7 Å². The van der Waals surface area contributed by atoms with Crippen molar-refractivity contribution in [1.82, 2.24) is 9.88 Å². The van der Waals surface area contributed by atoms with Crippen LogP contribution in [-0.4, -0.2) is 30.6 Å². The molecule has 1 N–H and O–H groups in total. The molecule has 0 bridgehead atoms. The molecule has 0 radical (unpaired) electrons. The van der Waals surface area contributed by atoms with Gasteiger partial charge < -0.3 is 9.72 Å². The van der Waals surface area contributed by atoms with Crippen LogP contribution in [0.25, 0.3) is 10.9 Å². The van der Waals surface area contributed by atoms with Crippen LogP contribution in [0.1, 0.15) is 28.4 Å². The van der Waals surface area contributed by atoms with Gasteiger partial charge in [-0.05, 0) is 48.9 Å². The van der Waals surface area contributed by atoms with Crippen LogP contribution in [0.4, 0.5) is 13.2 Å². The van der Waals surface area contributed by atoms with Gasteiger partial charge >= 0.3 is 6.18 Å². The largest absolute Gasteiger partial charge is 0.497 e. The first-order chi connectivity index (χ1) is 12.4. The van der Waals surface area contributed by atoms with Gasteiger partial charge in [-0.25, -0.2) is 0 Å². The number of ether oxygens (including phenoxy) is 1. The molecule has 0 fully saturated rings. The predicted octanol–water partition coefficient (Wildman–Crippen LogP) is 4.77. The third-order valence-electron chi connectivity index (χ3n) is 5.13. The number of nitrogens with zero attached hydrogens (tertiary/aromatic N) is 1. The first-order valence-electron chi connectivity index (χ1n) is 8.44. The zero-order valence-corrected chi connectivity index (χ0v) is 14.5. The van der Waals surface area contributed by atoms with E-state index in [2.05, 4.69) is 9.88 Å². The smallest absolute Gasteiger partial charge is 0.416 e. The van der Waals surface area contributed by atoms with Crippen molar-refractivity contribution in [3.05, 3.63) is 64.8 Å². The molecule has 4 rings (SSSR count). The fourth-order valence-electron chi connectivity index (χ4n) is 3.80. The standard InChI is InChI=1S/C20H19F3N2O/c1-25-10-9-16-15-8-5-13(20(21,22)23)11-17(15)24-18(16)19(25)12-3-6-14(26-2)7-4-12/h3-8,11,19,24H,9-10H2,1-2H3. The molecule has 2 aromatic carbocycles. The van der Waals surface area contributed by atoms with Crippen LogP contribution in [-0.2, 0) is 12.6 Å². The van der Waals surface area contributed by atoms with E-state index in [1.807, 2.05) is 31.3 Å². The molecule has 0 aliphatic carbocycles. The number of fused-ring (bicyclic) bond motifs is 3. The lowest BCUT2D eigenvalue weighted by atomic mass is 9.93. The number of hydrogen-bond donors (Lipinski definition) is 1. The molecule has 26 heavy (non-hydrogen) atoms. The van der Waals surface area contributed by atoms with Gasteiger partial charge in [-0.3, -0.25) is 4.90 Å². The molecule has 0 amide bonds. The fourth-order valence-corrected chi connectivity index (χ4v) is 3.80. The van der Waals surface area contributed by atoms with E-state index in [0.29, 0.717) is 5.52 Å². The average Bonchev–Trinajstić information content (AvgIpc) is 2.98. The molecule has 6 heteroatoms. The molecule has 0 saturated carbocycles. The quantitative estimate of drug-likeness (QED) is 0.713. The summed E-state index contributed by atoms with van der Waals surface area (Å²) in [6.07, 6.45) is -3.53. The maximum absolute atomic E-state index is 13.0. The van der Waals surface area contributed by atoms with Crippen LogP contribution in [0.15, 0.2) is 42.5 Å². The summed E-state index contributed by atoms with van der Waals surface area (Å²) in [5, 5.41) is 0.875. The zero-order valence-electron chi connectivity index (χ0n) is 14.5. The van der Waals surface area contributed by atoms with Crippen molar-refractivity contribution in [3.63, 3.8) is 0 Å². The third kappa shape index (κ3) is 2.74. The van der Waals surface area contributed by atoms with Gasteiger partial charge in [0.15, 0.2) is 0 Å². The number of H-pyrrole nitrogens is 1. The summed E-state index contributed by atoms with van der Waals surface area (Å²) in [6.45, 7) is 0.845. The van der Waals surface area contributed by atoms with Gasteiger partial charge in [-0.1, -0.05) is 18.2 Å². The summed E-state index contributed by atoms with van der Waals surface area (Å²) < 4.78 is 44.3. The minimum Gasteiger partial charge on any atom is -0.497 e. The van der Waals surface area contributed by atoms with Crippen LogP contribution in [0, 0.1) is 0 Å². The summed E-state index contributed by atoms with van der Waals surface area (Å²) in [5.74, 6) is 0.777. The number of halogens is 3. The summed E-state index contributed by atoms with van der Waals surface area (Å²) in [7, 11) is 3.65. The highest BCUT2D eigenvalue weighted by Gasteiger charge is 2.33. The van der Waals surface area contributed by atoms with Crippen LogP contribution in [0.2, 0.25) is 0 Å². The summed E-state index contributed by atoms with van der Waals surface area (Å²) in [6, 6.07) is 11.7. The molecule has 1 atom stereocenters. The minimum atomic E-state index is -4.34. The highest BCUT2D eigenvalue weighted by molar-refractivity contribution is 5.86. The molecule has 0 saturated heterocycles. The van der Waals surface area contributed by atoms with Gasteiger partial charge in [0, 0.05) is 23.1 Å². The van der Waals surface area contributed by atoms with E-state index < -0.39 is 11.7 Å². The number of nitrogens with one attached hydrogen (secondary N) is 1. The molecule has 1 aromatic heterocycles. The van der Waals surface area contributed by atoms with E-state index in [1.54, 1.807) is 13.2 Å². The van der Waals surface area contributed by atoms with E-state index in [-0.39, 0.29) is 6.04 Å². The number of likely N-dealkylation sites (N-methyl/N-ethyl adjacent to an activating group) is 1. The second kappa shape index (κ2) is 6.06. The molecule has 0 spiro atoms. The number of aromatic nitrogens is 1. The number of methoxy groups -OCH3 is 1. The highest BCUT2D eigenvalue weighted by atomic mass is 19.4. The van der Waals surface area contributed by atoms with Crippen LogP contribution in [0.5, 0.6) is 5.75 Å². The van der Waals surface area contributed by atoms with E-state index in [0.717, 1.165) is 47.0 Å². The van der Waals surface area contributed by atoms with Crippen molar-refractivity contribution in [2.24, 2.45) is 0 Å². The number of aromatic amines is 1. The normalized spacial score (nSPS) is 18.1. The Morgan fingerprint density at radius 1 is 1.12 bits per heavy atom. The lowest BCUT2D eigenvalue weighted by molar-refractivity contribution is -0.137. The Kier molecular flexibility index (Phi) is 3.95. The van der Waals surface area contributed by atoms with E-state index in [1.165, 1.54) is 6.07 Å². The van der Waals surface area contributed by atoms with Crippen molar-refractivity contribution in [3.8, 4) is 5.75 Å². The monoisotopic (exact) mass is 360 g/mol. The SMILES string of the molecule is COc1ccc(C2c3[nH]c4cc(C(F)(F)F)ccc4c3CCN2C)cc1. The molecular weight excluding hydrogens is 341 g/mol. The number of rotatable bonds is 2. The highest BCUT2D eigenvalue weighted by Crippen LogP contribution is 2.39. The Hall–Kier alpha value is -2.47. The third-order valence-corrected chi connectivity index (χ3v) is 5.13. The molecule has 136 valence electrons. The molecular formula is C20H19F3N2O. The second-order valence-corrected chi connectivity index (χ2v) is 6.68. The predicted molar refractivity (Wildman–Crippen MR) is 94.5 cm³/mol. The van der Waals surface area contributed by atoms with Crippen molar-refractivity contribution in [1.29, 1.82) is 0 Å². The Labute approximate surface area is 149 Å². The van der Waals surface area contributed by atoms with Gasteiger partial charge in [0.05, 0.1) is 18.7 Å². The van der Waals surface area contributed by atoms with E-state index in [4.69, 9.17) is 4.74 Å². The Morgan fingerprint density at radius 3 is 2.50 bits per heavy atom. The van der Waals surface area contributed by atoms with Crippen LogP contribution < -0.4 is 4.74 Å². The number of alkyl halides is 3. The summed E-state index contributed by atoms with van der Waals surface area (Å²) >= 11 is 0. The summed E-state index contributed by atoms with van der Waals surface area (Å²) in [5.41, 5.74) is 3.07. The lowest BCUT2D eigenvalue weighted by Crippen LogP contribution is -2.32. The molecule has 3 nitrogen and oxygen atoms in total.